The second kappa shape index (κ2) is 6.09. The van der Waals surface area contributed by atoms with E-state index in [9.17, 15) is 0 Å². The molecule has 2 aromatic rings. The number of nitrogens with zero attached hydrogens (tertiary/aromatic N) is 2. The lowest BCUT2D eigenvalue weighted by molar-refractivity contribution is 0.350. The van der Waals surface area contributed by atoms with Crippen LogP contribution in [0, 0.1) is 6.92 Å². The van der Waals surface area contributed by atoms with Gasteiger partial charge in [0.15, 0.2) is 5.75 Å². The molecule has 1 aromatic carbocycles. The number of rotatable bonds is 4. The number of ether oxygens (including phenoxy) is 1. The molecule has 0 aliphatic carbocycles. The van der Waals surface area contributed by atoms with Crippen LogP contribution in [0.2, 0.25) is 0 Å². The molecule has 1 N–H and O–H groups in total. The second-order valence-corrected chi connectivity index (χ2v) is 5.46. The molecule has 20 heavy (non-hydrogen) atoms. The van der Waals surface area contributed by atoms with Crippen molar-refractivity contribution in [2.45, 2.75) is 38.8 Å². The van der Waals surface area contributed by atoms with Gasteiger partial charge < -0.3 is 10.1 Å². The maximum Gasteiger partial charge on any atom is 0.165 e. The van der Waals surface area contributed by atoms with Gasteiger partial charge >= 0.3 is 0 Å². The molecule has 1 atom stereocenters. The van der Waals surface area contributed by atoms with E-state index in [1.165, 1.54) is 24.8 Å². The van der Waals surface area contributed by atoms with Crippen molar-refractivity contribution in [3.63, 3.8) is 0 Å². The highest BCUT2D eigenvalue weighted by molar-refractivity contribution is 5.30. The minimum atomic E-state index is 0.538. The van der Waals surface area contributed by atoms with Gasteiger partial charge in [-0.15, -0.1) is 0 Å². The molecule has 106 valence electrons. The molecule has 3 rings (SSSR count). The molecule has 1 aromatic heterocycles. The maximum atomic E-state index is 5.80. The van der Waals surface area contributed by atoms with Crippen molar-refractivity contribution < 1.29 is 4.74 Å². The van der Waals surface area contributed by atoms with E-state index in [1.807, 2.05) is 35.1 Å². The molecular formula is C16H21N3O. The van der Waals surface area contributed by atoms with E-state index < -0.39 is 0 Å². The highest BCUT2D eigenvalue weighted by Gasteiger charge is 2.13. The summed E-state index contributed by atoms with van der Waals surface area (Å²) in [5, 5.41) is 7.91. The third-order valence-corrected chi connectivity index (χ3v) is 3.69. The van der Waals surface area contributed by atoms with Crippen molar-refractivity contribution in [2.75, 3.05) is 6.54 Å². The number of aromatic nitrogens is 2. The summed E-state index contributed by atoms with van der Waals surface area (Å²) in [4.78, 5) is 0. The Balaban J connectivity index is 1.60. The Morgan fingerprint density at radius 3 is 2.85 bits per heavy atom. The van der Waals surface area contributed by atoms with Gasteiger partial charge in [0.1, 0.15) is 5.75 Å². The van der Waals surface area contributed by atoms with Crippen LogP contribution in [0.1, 0.15) is 24.8 Å². The first-order chi connectivity index (χ1) is 9.79. The average Bonchev–Trinajstić information content (AvgIpc) is 2.90. The third-order valence-electron chi connectivity index (χ3n) is 3.69. The molecule has 0 saturated carbocycles. The number of nitrogens with one attached hydrogen (secondary N) is 1. The lowest BCUT2D eigenvalue weighted by Crippen LogP contribution is -2.37. The number of benzene rings is 1. The maximum absolute atomic E-state index is 5.80. The Morgan fingerprint density at radius 1 is 1.25 bits per heavy atom. The summed E-state index contributed by atoms with van der Waals surface area (Å²) < 4.78 is 7.76. The molecule has 1 fully saturated rings. The highest BCUT2D eigenvalue weighted by atomic mass is 16.5. The quantitative estimate of drug-likeness (QED) is 0.928. The van der Waals surface area contributed by atoms with E-state index in [0.29, 0.717) is 6.04 Å². The first-order valence-electron chi connectivity index (χ1n) is 7.30. The van der Waals surface area contributed by atoms with Crippen molar-refractivity contribution in [3.8, 4) is 11.5 Å². The van der Waals surface area contributed by atoms with Gasteiger partial charge in [-0.25, -0.2) is 0 Å². The SMILES string of the molecule is Cc1ccc(Oc2cnn(CC3CCCCN3)c2)cc1. The first-order valence-corrected chi connectivity index (χ1v) is 7.30. The van der Waals surface area contributed by atoms with E-state index in [0.717, 1.165) is 24.6 Å². The van der Waals surface area contributed by atoms with Gasteiger partial charge in [-0.3, -0.25) is 4.68 Å². The van der Waals surface area contributed by atoms with Crippen molar-refractivity contribution in [1.29, 1.82) is 0 Å². The standard InChI is InChI=1S/C16H21N3O/c1-13-5-7-15(8-6-13)20-16-10-18-19(12-16)11-14-4-2-3-9-17-14/h5-8,10,12,14,17H,2-4,9,11H2,1H3. The zero-order valence-corrected chi connectivity index (χ0v) is 11.9. The number of piperidine rings is 1. The van der Waals surface area contributed by atoms with E-state index in [-0.39, 0.29) is 0 Å². The summed E-state index contributed by atoms with van der Waals surface area (Å²) in [6.45, 7) is 4.11. The topological polar surface area (TPSA) is 39.1 Å². The largest absolute Gasteiger partial charge is 0.454 e. The van der Waals surface area contributed by atoms with Crippen LogP contribution >= 0.6 is 0 Å². The van der Waals surface area contributed by atoms with Crippen LogP contribution < -0.4 is 10.1 Å². The lowest BCUT2D eigenvalue weighted by Gasteiger charge is -2.23. The molecule has 0 bridgehead atoms. The Labute approximate surface area is 119 Å². The van der Waals surface area contributed by atoms with E-state index in [4.69, 9.17) is 4.74 Å². The monoisotopic (exact) mass is 271 g/mol. The van der Waals surface area contributed by atoms with Gasteiger partial charge in [0.05, 0.1) is 18.9 Å². The Morgan fingerprint density at radius 2 is 2.10 bits per heavy atom. The van der Waals surface area contributed by atoms with Crippen molar-refractivity contribution in [3.05, 3.63) is 42.2 Å². The Kier molecular flexibility index (Phi) is 4.02. The van der Waals surface area contributed by atoms with Crippen LogP contribution in [-0.2, 0) is 6.54 Å². The van der Waals surface area contributed by atoms with E-state index >= 15 is 0 Å². The van der Waals surface area contributed by atoms with Gasteiger partial charge in [-0.2, -0.15) is 5.10 Å². The molecule has 0 amide bonds. The molecular weight excluding hydrogens is 250 g/mol. The smallest absolute Gasteiger partial charge is 0.165 e. The van der Waals surface area contributed by atoms with Crippen molar-refractivity contribution in [2.24, 2.45) is 0 Å². The van der Waals surface area contributed by atoms with Crippen molar-refractivity contribution in [1.82, 2.24) is 15.1 Å². The van der Waals surface area contributed by atoms with Gasteiger partial charge in [0.2, 0.25) is 0 Å². The molecule has 0 radical (unpaired) electrons. The Hall–Kier alpha value is -1.81. The first kappa shape index (κ1) is 13.2. The zero-order chi connectivity index (χ0) is 13.8. The fraction of sp³-hybridized carbons (Fsp3) is 0.438. The molecule has 2 heterocycles. The number of hydrogen-bond acceptors (Lipinski definition) is 3. The van der Waals surface area contributed by atoms with Crippen LogP contribution in [0.3, 0.4) is 0 Å². The molecule has 1 aliphatic heterocycles. The minimum absolute atomic E-state index is 0.538. The molecule has 1 saturated heterocycles. The molecule has 4 heteroatoms. The van der Waals surface area contributed by atoms with E-state index in [2.05, 4.69) is 17.3 Å². The van der Waals surface area contributed by atoms with Crippen LogP contribution in [0.15, 0.2) is 36.7 Å². The molecule has 1 unspecified atom stereocenters. The van der Waals surface area contributed by atoms with E-state index in [1.54, 1.807) is 6.20 Å². The fourth-order valence-electron chi connectivity index (χ4n) is 2.55. The molecule has 4 nitrogen and oxygen atoms in total. The summed E-state index contributed by atoms with van der Waals surface area (Å²) in [6.07, 6.45) is 7.58. The predicted molar refractivity (Wildman–Crippen MR) is 79.1 cm³/mol. The van der Waals surface area contributed by atoms with Crippen LogP contribution in [0.5, 0.6) is 11.5 Å². The van der Waals surface area contributed by atoms with Gasteiger partial charge in [-0.1, -0.05) is 24.1 Å². The lowest BCUT2D eigenvalue weighted by atomic mass is 10.1. The zero-order valence-electron chi connectivity index (χ0n) is 11.9. The molecule has 1 aliphatic rings. The van der Waals surface area contributed by atoms with Gasteiger partial charge in [-0.05, 0) is 38.4 Å². The van der Waals surface area contributed by atoms with Gasteiger partial charge in [0, 0.05) is 6.04 Å². The van der Waals surface area contributed by atoms with Crippen LogP contribution in [0.4, 0.5) is 0 Å². The Bertz CT molecular complexity index is 541. The van der Waals surface area contributed by atoms with Crippen molar-refractivity contribution >= 4 is 0 Å². The number of aryl methyl sites for hydroxylation is 1. The minimum Gasteiger partial charge on any atom is -0.454 e. The van der Waals surface area contributed by atoms with Crippen LogP contribution in [-0.4, -0.2) is 22.4 Å². The normalized spacial score (nSPS) is 18.9. The van der Waals surface area contributed by atoms with Gasteiger partial charge in [0.25, 0.3) is 0 Å². The van der Waals surface area contributed by atoms with Crippen LogP contribution in [0.25, 0.3) is 0 Å². The third kappa shape index (κ3) is 3.39. The molecule has 0 spiro atoms. The summed E-state index contributed by atoms with van der Waals surface area (Å²) in [7, 11) is 0. The predicted octanol–water partition coefficient (Wildman–Crippen LogP) is 3.13. The second-order valence-electron chi connectivity index (χ2n) is 5.46. The summed E-state index contributed by atoms with van der Waals surface area (Å²) in [5.41, 5.74) is 1.23. The average molecular weight is 271 g/mol. The highest BCUT2D eigenvalue weighted by Crippen LogP contribution is 2.21. The summed E-state index contributed by atoms with van der Waals surface area (Å²) >= 11 is 0. The fourth-order valence-corrected chi connectivity index (χ4v) is 2.55. The number of hydrogen-bond donors (Lipinski definition) is 1. The summed E-state index contributed by atoms with van der Waals surface area (Å²) in [5.74, 6) is 1.65. The summed E-state index contributed by atoms with van der Waals surface area (Å²) in [6, 6.07) is 8.60.